The largest absolute Gasteiger partial charge is 0.469 e. The highest BCUT2D eigenvalue weighted by Crippen LogP contribution is 2.11. The van der Waals surface area contributed by atoms with E-state index in [4.69, 9.17) is 4.42 Å². The second-order valence-electron chi connectivity index (χ2n) is 6.15. The highest BCUT2D eigenvalue weighted by Gasteiger charge is 2.28. The normalized spacial score (nSPS) is 19.7. The lowest BCUT2D eigenvalue weighted by molar-refractivity contribution is 0.506. The summed E-state index contributed by atoms with van der Waals surface area (Å²) in [5.74, 6) is 1.94. The predicted molar refractivity (Wildman–Crippen MR) is 98.2 cm³/mol. The SMILES string of the molecule is O=S1(=O)CCC(NC(=NCc2ccccc2)NCCc2ccco2)C1. The fourth-order valence-electron chi connectivity index (χ4n) is 2.77. The fourth-order valence-corrected chi connectivity index (χ4v) is 4.44. The van der Waals surface area contributed by atoms with Crippen molar-refractivity contribution in [2.75, 3.05) is 18.1 Å². The van der Waals surface area contributed by atoms with Crippen LogP contribution in [0.1, 0.15) is 17.7 Å². The van der Waals surface area contributed by atoms with Crippen LogP contribution >= 0.6 is 0 Å². The van der Waals surface area contributed by atoms with Crippen molar-refractivity contribution in [3.63, 3.8) is 0 Å². The number of benzene rings is 1. The summed E-state index contributed by atoms with van der Waals surface area (Å²) in [5, 5.41) is 6.52. The molecule has 1 fully saturated rings. The van der Waals surface area contributed by atoms with Crippen LogP contribution in [0, 0.1) is 0 Å². The molecule has 0 radical (unpaired) electrons. The Kier molecular flexibility index (Phi) is 5.75. The van der Waals surface area contributed by atoms with Crippen molar-refractivity contribution >= 4 is 15.8 Å². The van der Waals surface area contributed by atoms with Crippen molar-refractivity contribution in [2.45, 2.75) is 25.4 Å². The number of rotatable bonds is 6. The van der Waals surface area contributed by atoms with E-state index in [-0.39, 0.29) is 17.5 Å². The third-order valence-electron chi connectivity index (χ3n) is 4.08. The maximum atomic E-state index is 11.7. The first kappa shape index (κ1) is 17.5. The van der Waals surface area contributed by atoms with Crippen LogP contribution < -0.4 is 10.6 Å². The molecule has 2 heterocycles. The average Bonchev–Trinajstić information content (AvgIpc) is 3.23. The van der Waals surface area contributed by atoms with Crippen LogP contribution in [-0.2, 0) is 22.8 Å². The first-order valence-corrected chi connectivity index (χ1v) is 10.2. The summed E-state index contributed by atoms with van der Waals surface area (Å²) in [5.41, 5.74) is 1.11. The first-order valence-electron chi connectivity index (χ1n) is 8.42. The average molecular weight is 361 g/mol. The molecule has 0 amide bonds. The molecule has 1 aliphatic rings. The third-order valence-corrected chi connectivity index (χ3v) is 5.85. The van der Waals surface area contributed by atoms with Crippen molar-refractivity contribution in [1.82, 2.24) is 10.6 Å². The molecule has 0 aliphatic carbocycles. The van der Waals surface area contributed by atoms with Gasteiger partial charge >= 0.3 is 0 Å². The van der Waals surface area contributed by atoms with E-state index in [1.54, 1.807) is 6.26 Å². The zero-order valence-corrected chi connectivity index (χ0v) is 14.8. The van der Waals surface area contributed by atoms with Gasteiger partial charge < -0.3 is 15.1 Å². The lowest BCUT2D eigenvalue weighted by Crippen LogP contribution is -2.44. The van der Waals surface area contributed by atoms with Crippen molar-refractivity contribution in [1.29, 1.82) is 0 Å². The molecule has 1 saturated heterocycles. The molecule has 3 rings (SSSR count). The van der Waals surface area contributed by atoms with E-state index in [1.807, 2.05) is 42.5 Å². The van der Waals surface area contributed by atoms with Crippen molar-refractivity contribution in [3.05, 3.63) is 60.1 Å². The number of nitrogens with one attached hydrogen (secondary N) is 2. The van der Waals surface area contributed by atoms with E-state index < -0.39 is 9.84 Å². The van der Waals surface area contributed by atoms with Gasteiger partial charge in [0.25, 0.3) is 0 Å². The summed E-state index contributed by atoms with van der Waals surface area (Å²) in [6.07, 6.45) is 3.01. The summed E-state index contributed by atoms with van der Waals surface area (Å²) in [4.78, 5) is 4.59. The molecule has 7 heteroatoms. The molecular weight excluding hydrogens is 338 g/mol. The number of aliphatic imine (C=N–C) groups is 1. The lowest BCUT2D eigenvalue weighted by atomic mass is 10.2. The standard InChI is InChI=1S/C18H23N3O3S/c22-25(23)12-9-16(14-25)21-18(19-10-8-17-7-4-11-24-17)20-13-15-5-2-1-3-6-15/h1-7,11,16H,8-10,12-14H2,(H2,19,20,21). The van der Waals surface area contributed by atoms with E-state index in [1.165, 1.54) is 0 Å². The van der Waals surface area contributed by atoms with Crippen LogP contribution in [0.2, 0.25) is 0 Å². The Hall–Kier alpha value is -2.28. The van der Waals surface area contributed by atoms with Gasteiger partial charge in [0.1, 0.15) is 5.76 Å². The molecule has 6 nitrogen and oxygen atoms in total. The monoisotopic (exact) mass is 361 g/mol. The predicted octanol–water partition coefficient (Wildman–Crippen LogP) is 1.74. The summed E-state index contributed by atoms with van der Waals surface area (Å²) in [6.45, 7) is 1.20. The molecule has 1 unspecified atom stereocenters. The zero-order chi connectivity index (χ0) is 17.5. The van der Waals surface area contributed by atoms with E-state index in [0.717, 1.165) is 17.7 Å². The van der Waals surface area contributed by atoms with Gasteiger partial charge in [-0.3, -0.25) is 0 Å². The van der Waals surface area contributed by atoms with Crippen molar-refractivity contribution < 1.29 is 12.8 Å². The van der Waals surface area contributed by atoms with Crippen molar-refractivity contribution in [3.8, 4) is 0 Å². The van der Waals surface area contributed by atoms with Gasteiger partial charge in [0, 0.05) is 19.0 Å². The van der Waals surface area contributed by atoms with E-state index in [9.17, 15) is 8.42 Å². The maximum absolute atomic E-state index is 11.7. The molecule has 1 aromatic carbocycles. The van der Waals surface area contributed by atoms with Gasteiger partial charge in [0.05, 0.1) is 24.3 Å². The third kappa shape index (κ3) is 5.63. The Morgan fingerprint density at radius 1 is 1.20 bits per heavy atom. The Morgan fingerprint density at radius 3 is 2.72 bits per heavy atom. The Morgan fingerprint density at radius 2 is 2.04 bits per heavy atom. The molecule has 1 atom stereocenters. The topological polar surface area (TPSA) is 83.7 Å². The molecule has 0 bridgehead atoms. The molecule has 2 aromatic rings. The smallest absolute Gasteiger partial charge is 0.191 e. The number of furan rings is 1. The van der Waals surface area contributed by atoms with Crippen LogP contribution in [0.25, 0.3) is 0 Å². The number of sulfone groups is 1. The Balaban J connectivity index is 1.60. The lowest BCUT2D eigenvalue weighted by Gasteiger charge is -2.16. The van der Waals surface area contributed by atoms with Crippen LogP contribution in [-0.4, -0.2) is 38.5 Å². The number of nitrogens with zero attached hydrogens (tertiary/aromatic N) is 1. The summed E-state index contributed by atoms with van der Waals surface area (Å²) in [7, 11) is -2.92. The minimum atomic E-state index is -2.92. The highest BCUT2D eigenvalue weighted by molar-refractivity contribution is 7.91. The summed E-state index contributed by atoms with van der Waals surface area (Å²) < 4.78 is 28.6. The molecular formula is C18H23N3O3S. The first-order chi connectivity index (χ1) is 12.1. The number of hydrogen-bond acceptors (Lipinski definition) is 4. The van der Waals surface area contributed by atoms with E-state index >= 15 is 0 Å². The van der Waals surface area contributed by atoms with Crippen LogP contribution in [0.3, 0.4) is 0 Å². The Bertz CT molecular complexity index is 786. The molecule has 1 aromatic heterocycles. The van der Waals surface area contributed by atoms with E-state index in [2.05, 4.69) is 15.6 Å². The van der Waals surface area contributed by atoms with Crippen LogP contribution in [0.4, 0.5) is 0 Å². The second kappa shape index (κ2) is 8.20. The van der Waals surface area contributed by atoms with Gasteiger partial charge in [0.2, 0.25) is 0 Å². The van der Waals surface area contributed by atoms with Gasteiger partial charge in [-0.1, -0.05) is 30.3 Å². The van der Waals surface area contributed by atoms with Gasteiger partial charge in [-0.25, -0.2) is 13.4 Å². The number of hydrogen-bond donors (Lipinski definition) is 2. The van der Waals surface area contributed by atoms with Crippen LogP contribution in [0.5, 0.6) is 0 Å². The maximum Gasteiger partial charge on any atom is 0.191 e. The summed E-state index contributed by atoms with van der Waals surface area (Å²) >= 11 is 0. The fraction of sp³-hybridized carbons (Fsp3) is 0.389. The van der Waals surface area contributed by atoms with Crippen LogP contribution in [0.15, 0.2) is 58.1 Å². The zero-order valence-electron chi connectivity index (χ0n) is 14.0. The summed E-state index contributed by atoms with van der Waals surface area (Å²) in [6, 6.07) is 13.7. The van der Waals surface area contributed by atoms with Gasteiger partial charge in [-0.15, -0.1) is 0 Å². The molecule has 1 aliphatic heterocycles. The molecule has 0 spiro atoms. The highest BCUT2D eigenvalue weighted by atomic mass is 32.2. The molecule has 0 saturated carbocycles. The van der Waals surface area contributed by atoms with Gasteiger partial charge in [-0.05, 0) is 24.1 Å². The van der Waals surface area contributed by atoms with Gasteiger partial charge in [-0.2, -0.15) is 0 Å². The minimum absolute atomic E-state index is 0.0874. The Labute approximate surface area is 148 Å². The molecule has 134 valence electrons. The van der Waals surface area contributed by atoms with Crippen molar-refractivity contribution in [2.24, 2.45) is 4.99 Å². The minimum Gasteiger partial charge on any atom is -0.469 e. The van der Waals surface area contributed by atoms with E-state index in [0.29, 0.717) is 25.5 Å². The molecule has 25 heavy (non-hydrogen) atoms. The van der Waals surface area contributed by atoms with Gasteiger partial charge in [0.15, 0.2) is 15.8 Å². The molecule has 2 N–H and O–H groups in total. The number of guanidine groups is 1. The quantitative estimate of drug-likeness (QED) is 0.605. The second-order valence-corrected chi connectivity index (χ2v) is 8.38.